The van der Waals surface area contributed by atoms with Crippen LogP contribution in [0.1, 0.15) is 22.3 Å². The quantitative estimate of drug-likeness (QED) is 0.177. The summed E-state index contributed by atoms with van der Waals surface area (Å²) in [6.45, 7) is 0. The van der Waals surface area contributed by atoms with Crippen LogP contribution >= 0.6 is 0 Å². The molecule has 1 aromatic heterocycles. The summed E-state index contributed by atoms with van der Waals surface area (Å²) >= 11 is 0. The third-order valence-corrected chi connectivity index (χ3v) is 10.8. The summed E-state index contributed by atoms with van der Waals surface area (Å²) in [4.78, 5) is 15.5. The van der Waals surface area contributed by atoms with E-state index in [2.05, 4.69) is 140 Å². The number of hydrogen-bond donors (Lipinski definition) is 0. The maximum atomic E-state index is 6.97. The Bertz CT molecular complexity index is 2850. The van der Waals surface area contributed by atoms with Crippen LogP contribution in [0.3, 0.4) is 0 Å². The fraction of sp³-hybridized carbons (Fsp3) is 0.0208. The van der Waals surface area contributed by atoms with Crippen molar-refractivity contribution >= 4 is 21.5 Å². The monoisotopic (exact) mass is 663 g/mol. The van der Waals surface area contributed by atoms with Gasteiger partial charge < -0.3 is 4.74 Å². The average molecular weight is 664 g/mol. The van der Waals surface area contributed by atoms with E-state index in [4.69, 9.17) is 19.7 Å². The Balaban J connectivity index is 1.17. The van der Waals surface area contributed by atoms with Crippen LogP contribution in [0.4, 0.5) is 0 Å². The Hall–Kier alpha value is -6.91. The molecule has 8 aromatic carbocycles. The summed E-state index contributed by atoms with van der Waals surface area (Å²) < 4.78 is 6.97. The molecule has 52 heavy (non-hydrogen) atoms. The molecule has 0 fully saturated rings. The number of para-hydroxylation sites is 2. The van der Waals surface area contributed by atoms with Gasteiger partial charge >= 0.3 is 0 Å². The van der Waals surface area contributed by atoms with Crippen LogP contribution in [0.5, 0.6) is 11.5 Å². The number of benzene rings is 8. The molecule has 2 aliphatic rings. The highest BCUT2D eigenvalue weighted by Gasteiger charge is 2.51. The summed E-state index contributed by atoms with van der Waals surface area (Å²) in [5.74, 6) is 3.37. The van der Waals surface area contributed by atoms with Gasteiger partial charge in [-0.25, -0.2) is 15.0 Å². The largest absolute Gasteiger partial charge is 0.456 e. The van der Waals surface area contributed by atoms with Crippen molar-refractivity contribution in [1.29, 1.82) is 0 Å². The van der Waals surface area contributed by atoms with E-state index in [-0.39, 0.29) is 0 Å². The molecule has 4 heteroatoms. The summed E-state index contributed by atoms with van der Waals surface area (Å²) in [6.07, 6.45) is 0. The molecule has 0 saturated carbocycles. The van der Waals surface area contributed by atoms with Gasteiger partial charge in [-0.1, -0.05) is 158 Å². The first-order chi connectivity index (χ1) is 25.8. The van der Waals surface area contributed by atoms with Gasteiger partial charge in [0, 0.05) is 22.3 Å². The molecule has 1 aliphatic heterocycles. The minimum absolute atomic E-state index is 0.563. The molecule has 0 amide bonds. The normalized spacial score (nSPS) is 13.3. The second-order valence-corrected chi connectivity index (χ2v) is 13.5. The fourth-order valence-corrected chi connectivity index (χ4v) is 8.55. The van der Waals surface area contributed by atoms with Crippen molar-refractivity contribution in [2.24, 2.45) is 0 Å². The standard InChI is InChI=1S/C48H29N3O/c1-2-14-31(15-3-1)45-49-46(33-27-28-35-32(29-33)26-25-30-13-4-5-16-34(30)35)51-47(50-45)38-19-12-23-42-44(38)52-43-24-11-10-22-41(43)48(42)39-20-8-6-17-36(39)37-18-7-9-21-40(37)48/h1-29H. The van der Waals surface area contributed by atoms with Gasteiger partial charge in [0.1, 0.15) is 11.5 Å². The molecular formula is C48H29N3O. The van der Waals surface area contributed by atoms with Crippen LogP contribution in [0, 0.1) is 0 Å². The van der Waals surface area contributed by atoms with Crippen molar-refractivity contribution in [3.8, 4) is 56.8 Å². The van der Waals surface area contributed by atoms with E-state index in [1.54, 1.807) is 0 Å². The van der Waals surface area contributed by atoms with Gasteiger partial charge in [-0.3, -0.25) is 0 Å². The van der Waals surface area contributed by atoms with Crippen molar-refractivity contribution in [2.45, 2.75) is 5.41 Å². The molecule has 0 radical (unpaired) electrons. The number of rotatable bonds is 3. The first kappa shape index (κ1) is 28.9. The third-order valence-electron chi connectivity index (χ3n) is 10.8. The lowest BCUT2D eigenvalue weighted by Crippen LogP contribution is -2.32. The number of fused-ring (bicyclic) bond motifs is 12. The average Bonchev–Trinajstić information content (AvgIpc) is 3.51. The Kier molecular flexibility index (Phi) is 6.13. The minimum atomic E-state index is -0.577. The smallest absolute Gasteiger partial charge is 0.167 e. The van der Waals surface area contributed by atoms with E-state index in [1.807, 2.05) is 36.4 Å². The SMILES string of the molecule is c1ccc(-c2nc(-c3ccc4c(ccc5ccccc54)c3)nc(-c3cccc4c3Oc3ccccc3C43c4ccccc4-c4ccccc43)n2)cc1. The lowest BCUT2D eigenvalue weighted by atomic mass is 9.66. The maximum Gasteiger partial charge on any atom is 0.167 e. The predicted molar refractivity (Wildman–Crippen MR) is 209 cm³/mol. The first-order valence-electron chi connectivity index (χ1n) is 17.6. The first-order valence-corrected chi connectivity index (χ1v) is 17.6. The van der Waals surface area contributed by atoms with E-state index < -0.39 is 5.41 Å². The second-order valence-electron chi connectivity index (χ2n) is 13.5. The molecule has 0 bridgehead atoms. The molecule has 4 nitrogen and oxygen atoms in total. The van der Waals surface area contributed by atoms with Crippen LogP contribution < -0.4 is 4.74 Å². The predicted octanol–water partition coefficient (Wildman–Crippen LogP) is 11.6. The van der Waals surface area contributed by atoms with Crippen molar-refractivity contribution in [2.75, 3.05) is 0 Å². The Morgan fingerprint density at radius 1 is 0.365 bits per heavy atom. The van der Waals surface area contributed by atoms with Gasteiger partial charge in [0.2, 0.25) is 0 Å². The number of hydrogen-bond acceptors (Lipinski definition) is 4. The Labute approximate surface area is 300 Å². The highest BCUT2D eigenvalue weighted by atomic mass is 16.5. The van der Waals surface area contributed by atoms with Gasteiger partial charge in [-0.05, 0) is 62.0 Å². The number of ether oxygens (including phenoxy) is 1. The highest BCUT2D eigenvalue weighted by molar-refractivity contribution is 6.08. The topological polar surface area (TPSA) is 47.9 Å². The van der Waals surface area contributed by atoms with E-state index in [1.165, 1.54) is 38.4 Å². The van der Waals surface area contributed by atoms with Gasteiger partial charge in [0.15, 0.2) is 17.5 Å². The molecular weight excluding hydrogens is 635 g/mol. The zero-order chi connectivity index (χ0) is 34.2. The van der Waals surface area contributed by atoms with Crippen LogP contribution in [-0.4, -0.2) is 15.0 Å². The van der Waals surface area contributed by atoms with Crippen molar-refractivity contribution in [3.63, 3.8) is 0 Å². The molecule has 1 aliphatic carbocycles. The summed E-state index contributed by atoms with van der Waals surface area (Å²) in [5, 5.41) is 4.78. The zero-order valence-corrected chi connectivity index (χ0v) is 28.0. The van der Waals surface area contributed by atoms with Crippen LogP contribution in [0.15, 0.2) is 176 Å². The van der Waals surface area contributed by atoms with E-state index in [0.717, 1.165) is 44.7 Å². The lowest BCUT2D eigenvalue weighted by Gasteiger charge is -2.39. The Morgan fingerprint density at radius 2 is 0.942 bits per heavy atom. The number of nitrogens with zero attached hydrogens (tertiary/aromatic N) is 3. The van der Waals surface area contributed by atoms with Gasteiger partial charge in [-0.15, -0.1) is 0 Å². The minimum Gasteiger partial charge on any atom is -0.456 e. The molecule has 242 valence electrons. The van der Waals surface area contributed by atoms with Crippen molar-refractivity contribution < 1.29 is 4.74 Å². The van der Waals surface area contributed by atoms with Crippen molar-refractivity contribution in [3.05, 3.63) is 198 Å². The molecule has 0 unspecified atom stereocenters. The van der Waals surface area contributed by atoms with E-state index in [0.29, 0.717) is 17.5 Å². The third kappa shape index (κ3) is 4.06. The van der Waals surface area contributed by atoms with Crippen LogP contribution in [0.25, 0.3) is 66.8 Å². The molecule has 0 N–H and O–H groups in total. The fourth-order valence-electron chi connectivity index (χ4n) is 8.55. The van der Waals surface area contributed by atoms with Gasteiger partial charge in [0.25, 0.3) is 0 Å². The molecule has 0 saturated heterocycles. The summed E-state index contributed by atoms with van der Waals surface area (Å²) in [7, 11) is 0. The molecule has 1 spiro atoms. The molecule has 2 heterocycles. The second kappa shape index (κ2) is 11.0. The maximum absolute atomic E-state index is 6.97. The summed E-state index contributed by atoms with van der Waals surface area (Å²) in [6, 6.07) is 61.9. The van der Waals surface area contributed by atoms with Crippen LogP contribution in [0.2, 0.25) is 0 Å². The number of aromatic nitrogens is 3. The van der Waals surface area contributed by atoms with E-state index >= 15 is 0 Å². The zero-order valence-electron chi connectivity index (χ0n) is 28.0. The molecule has 11 rings (SSSR count). The van der Waals surface area contributed by atoms with Crippen molar-refractivity contribution in [1.82, 2.24) is 15.0 Å². The molecule has 0 atom stereocenters. The van der Waals surface area contributed by atoms with Crippen LogP contribution in [-0.2, 0) is 5.41 Å². The molecule has 9 aromatic rings. The Morgan fingerprint density at radius 3 is 1.75 bits per heavy atom. The lowest BCUT2D eigenvalue weighted by molar-refractivity contribution is 0.437. The van der Waals surface area contributed by atoms with E-state index in [9.17, 15) is 0 Å². The van der Waals surface area contributed by atoms with Gasteiger partial charge in [0.05, 0.1) is 11.0 Å². The van der Waals surface area contributed by atoms with Gasteiger partial charge in [-0.2, -0.15) is 0 Å². The summed E-state index contributed by atoms with van der Waals surface area (Å²) in [5.41, 5.74) is 9.26. The highest BCUT2D eigenvalue weighted by Crippen LogP contribution is 2.63.